The third-order valence-electron chi connectivity index (χ3n) is 3.78. The summed E-state index contributed by atoms with van der Waals surface area (Å²) in [7, 11) is 0. The third-order valence-corrected chi connectivity index (χ3v) is 3.99. The smallest absolute Gasteiger partial charge is 0.224 e. The fraction of sp³-hybridized carbons (Fsp3) is 0.312. The van der Waals surface area contributed by atoms with E-state index >= 15 is 0 Å². The van der Waals surface area contributed by atoms with E-state index in [9.17, 15) is 0 Å². The van der Waals surface area contributed by atoms with Crippen molar-refractivity contribution in [3.05, 3.63) is 52.8 Å². The van der Waals surface area contributed by atoms with Crippen LogP contribution >= 0.6 is 12.2 Å². The van der Waals surface area contributed by atoms with Crippen molar-refractivity contribution in [1.29, 1.82) is 0 Å². The van der Waals surface area contributed by atoms with Gasteiger partial charge < -0.3 is 11.1 Å². The molecule has 1 atom stereocenters. The van der Waals surface area contributed by atoms with E-state index in [0.29, 0.717) is 16.6 Å². The highest BCUT2D eigenvalue weighted by molar-refractivity contribution is 7.80. The zero-order valence-electron chi connectivity index (χ0n) is 12.0. The van der Waals surface area contributed by atoms with Crippen molar-refractivity contribution < 1.29 is 0 Å². The Kier molecular flexibility index (Phi) is 3.84. The van der Waals surface area contributed by atoms with Crippen LogP contribution in [0.4, 0.5) is 5.95 Å². The summed E-state index contributed by atoms with van der Waals surface area (Å²) in [5, 5.41) is 3.44. The maximum absolute atomic E-state index is 5.67. The number of benzene rings is 1. The Morgan fingerprint density at radius 2 is 2.14 bits per heavy atom. The van der Waals surface area contributed by atoms with Crippen molar-refractivity contribution in [1.82, 2.24) is 9.97 Å². The van der Waals surface area contributed by atoms with Gasteiger partial charge in [-0.05, 0) is 43.4 Å². The topological polar surface area (TPSA) is 63.8 Å². The molecule has 1 heterocycles. The lowest BCUT2D eigenvalue weighted by Crippen LogP contribution is -2.20. The summed E-state index contributed by atoms with van der Waals surface area (Å²) >= 11 is 5.01. The van der Waals surface area contributed by atoms with Gasteiger partial charge in [0.05, 0.1) is 6.04 Å². The molecule has 0 fully saturated rings. The minimum atomic E-state index is 0.246. The molecule has 0 spiro atoms. The number of hydrogen-bond acceptors (Lipinski definition) is 4. The van der Waals surface area contributed by atoms with Crippen LogP contribution in [0.25, 0.3) is 0 Å². The summed E-state index contributed by atoms with van der Waals surface area (Å²) in [5.41, 5.74) is 9.89. The van der Waals surface area contributed by atoms with Crippen molar-refractivity contribution in [2.75, 3.05) is 5.32 Å². The van der Waals surface area contributed by atoms with E-state index in [2.05, 4.69) is 39.6 Å². The van der Waals surface area contributed by atoms with Gasteiger partial charge in [0, 0.05) is 5.69 Å². The van der Waals surface area contributed by atoms with E-state index in [1.807, 2.05) is 13.0 Å². The average molecular weight is 298 g/mol. The largest absolute Gasteiger partial charge is 0.388 e. The first kappa shape index (κ1) is 13.9. The van der Waals surface area contributed by atoms with Crippen molar-refractivity contribution in [2.24, 2.45) is 5.73 Å². The number of anilines is 1. The number of nitrogens with zero attached hydrogens (tertiary/aromatic N) is 2. The van der Waals surface area contributed by atoms with Gasteiger partial charge in [-0.15, -0.1) is 0 Å². The van der Waals surface area contributed by atoms with Gasteiger partial charge in [0.25, 0.3) is 0 Å². The molecule has 1 aliphatic carbocycles. The number of aryl methyl sites for hydroxylation is 2. The lowest BCUT2D eigenvalue weighted by Gasteiger charge is -2.26. The fourth-order valence-corrected chi connectivity index (χ4v) is 2.92. The Hall–Kier alpha value is -2.01. The van der Waals surface area contributed by atoms with Crippen LogP contribution < -0.4 is 11.1 Å². The van der Waals surface area contributed by atoms with E-state index < -0.39 is 0 Å². The Morgan fingerprint density at radius 1 is 1.33 bits per heavy atom. The molecule has 0 aliphatic heterocycles. The molecule has 4 nitrogen and oxygen atoms in total. The molecule has 5 heteroatoms. The van der Waals surface area contributed by atoms with Crippen LogP contribution in [0.1, 0.15) is 41.4 Å². The maximum Gasteiger partial charge on any atom is 0.224 e. The highest BCUT2D eigenvalue weighted by Gasteiger charge is 2.20. The molecule has 1 aliphatic rings. The number of rotatable bonds is 3. The van der Waals surface area contributed by atoms with Crippen LogP contribution in [-0.2, 0) is 6.42 Å². The normalized spacial score (nSPS) is 17.1. The Labute approximate surface area is 129 Å². The third kappa shape index (κ3) is 3.03. The molecule has 2 aromatic rings. The predicted octanol–water partition coefficient (Wildman–Crippen LogP) is 2.91. The van der Waals surface area contributed by atoms with Crippen molar-refractivity contribution in [3.8, 4) is 0 Å². The number of thiocarbonyl (C=S) groups is 1. The quantitative estimate of drug-likeness (QED) is 0.853. The highest BCUT2D eigenvalue weighted by atomic mass is 32.1. The number of nitrogens with two attached hydrogens (primary N) is 1. The molecule has 3 rings (SSSR count). The van der Waals surface area contributed by atoms with Gasteiger partial charge >= 0.3 is 0 Å². The van der Waals surface area contributed by atoms with Gasteiger partial charge in [0.2, 0.25) is 5.95 Å². The summed E-state index contributed by atoms with van der Waals surface area (Å²) in [4.78, 5) is 9.16. The standard InChI is InChI=1S/C16H18N4S/c1-10-9-14(15(17)21)20-16(18-10)19-13-8-4-6-11-5-2-3-7-12(11)13/h2-3,5,7,9,13H,4,6,8H2,1H3,(H2,17,21)(H,18,19,20). The first-order chi connectivity index (χ1) is 10.1. The van der Waals surface area contributed by atoms with E-state index in [1.54, 1.807) is 0 Å². The molecule has 108 valence electrons. The van der Waals surface area contributed by atoms with Crippen molar-refractivity contribution in [3.63, 3.8) is 0 Å². The molecule has 1 aromatic heterocycles. The van der Waals surface area contributed by atoms with Crippen molar-refractivity contribution in [2.45, 2.75) is 32.2 Å². The summed E-state index contributed by atoms with van der Waals surface area (Å²) in [5.74, 6) is 0.597. The van der Waals surface area contributed by atoms with Gasteiger partial charge in [-0.3, -0.25) is 0 Å². The van der Waals surface area contributed by atoms with Crippen LogP contribution in [0.15, 0.2) is 30.3 Å². The van der Waals surface area contributed by atoms with Gasteiger partial charge in [-0.1, -0.05) is 36.5 Å². The minimum Gasteiger partial charge on any atom is -0.388 e. The van der Waals surface area contributed by atoms with E-state index in [-0.39, 0.29) is 6.04 Å². The molecule has 1 unspecified atom stereocenters. The van der Waals surface area contributed by atoms with E-state index in [4.69, 9.17) is 18.0 Å². The maximum atomic E-state index is 5.67. The summed E-state index contributed by atoms with van der Waals surface area (Å²) in [6, 6.07) is 10.6. The van der Waals surface area contributed by atoms with Crippen LogP contribution in [0.3, 0.4) is 0 Å². The number of hydrogen-bond donors (Lipinski definition) is 2. The molecule has 21 heavy (non-hydrogen) atoms. The molecule has 0 saturated heterocycles. The molecular weight excluding hydrogens is 280 g/mol. The second-order valence-electron chi connectivity index (χ2n) is 5.37. The molecular formula is C16H18N4S. The lowest BCUT2D eigenvalue weighted by molar-refractivity contribution is 0.596. The van der Waals surface area contributed by atoms with Gasteiger partial charge in [-0.2, -0.15) is 0 Å². The second kappa shape index (κ2) is 5.77. The molecule has 0 bridgehead atoms. The van der Waals surface area contributed by atoms with E-state index in [0.717, 1.165) is 18.5 Å². The predicted molar refractivity (Wildman–Crippen MR) is 88.4 cm³/mol. The number of nitrogens with one attached hydrogen (secondary N) is 1. The lowest BCUT2D eigenvalue weighted by atomic mass is 9.88. The van der Waals surface area contributed by atoms with Crippen molar-refractivity contribution >= 4 is 23.2 Å². The highest BCUT2D eigenvalue weighted by Crippen LogP contribution is 2.31. The molecule has 0 radical (unpaired) electrons. The summed E-state index contributed by atoms with van der Waals surface area (Å²) < 4.78 is 0. The van der Waals surface area contributed by atoms with Gasteiger partial charge in [0.15, 0.2) is 0 Å². The second-order valence-corrected chi connectivity index (χ2v) is 5.81. The monoisotopic (exact) mass is 298 g/mol. The zero-order valence-corrected chi connectivity index (χ0v) is 12.8. The molecule has 0 saturated carbocycles. The minimum absolute atomic E-state index is 0.246. The number of aromatic nitrogens is 2. The number of fused-ring (bicyclic) bond motifs is 1. The van der Waals surface area contributed by atoms with Gasteiger partial charge in [0.1, 0.15) is 10.7 Å². The first-order valence-corrected chi connectivity index (χ1v) is 7.54. The first-order valence-electron chi connectivity index (χ1n) is 7.13. The van der Waals surface area contributed by atoms with Gasteiger partial charge in [-0.25, -0.2) is 9.97 Å². The van der Waals surface area contributed by atoms with Crippen LogP contribution in [-0.4, -0.2) is 15.0 Å². The SMILES string of the molecule is Cc1cc(C(N)=S)nc(NC2CCCc3ccccc32)n1. The van der Waals surface area contributed by atoms with Crippen LogP contribution in [0.2, 0.25) is 0 Å². The molecule has 0 amide bonds. The fourth-order valence-electron chi connectivity index (χ4n) is 2.82. The average Bonchev–Trinajstić information content (AvgIpc) is 2.47. The Morgan fingerprint density at radius 3 is 2.95 bits per heavy atom. The zero-order chi connectivity index (χ0) is 14.8. The van der Waals surface area contributed by atoms with Crippen LogP contribution in [0, 0.1) is 6.92 Å². The molecule has 3 N–H and O–H groups in total. The summed E-state index contributed by atoms with van der Waals surface area (Å²) in [6.07, 6.45) is 3.39. The molecule has 1 aromatic carbocycles. The Balaban J connectivity index is 1.90. The van der Waals surface area contributed by atoms with E-state index in [1.165, 1.54) is 17.5 Å². The van der Waals surface area contributed by atoms with Crippen LogP contribution in [0.5, 0.6) is 0 Å². The Bertz CT molecular complexity index is 684. The summed E-state index contributed by atoms with van der Waals surface area (Å²) in [6.45, 7) is 1.92.